The fourth-order valence-corrected chi connectivity index (χ4v) is 6.79. The number of nitrogens with one attached hydrogen (secondary N) is 1. The maximum absolute atomic E-state index is 13.7. The van der Waals surface area contributed by atoms with E-state index < -0.39 is 5.60 Å². The van der Waals surface area contributed by atoms with Crippen LogP contribution < -0.4 is 5.32 Å². The first-order chi connectivity index (χ1) is 15.7. The van der Waals surface area contributed by atoms with Crippen molar-refractivity contribution in [3.63, 3.8) is 0 Å². The fraction of sp³-hybridized carbons (Fsp3) is 0.571. The van der Waals surface area contributed by atoms with Crippen molar-refractivity contribution in [2.75, 3.05) is 40.8 Å². The van der Waals surface area contributed by atoms with E-state index in [1.165, 1.54) is 16.7 Å². The van der Waals surface area contributed by atoms with E-state index in [0.29, 0.717) is 12.6 Å². The summed E-state index contributed by atoms with van der Waals surface area (Å²) in [5, 5.41) is 3.88. The number of ether oxygens (including phenoxy) is 1. The lowest BCUT2D eigenvalue weighted by molar-refractivity contribution is -0.0140. The van der Waals surface area contributed by atoms with Gasteiger partial charge in [-0.25, -0.2) is 4.39 Å². The van der Waals surface area contributed by atoms with E-state index in [0.717, 1.165) is 44.5 Å². The first-order valence-electron chi connectivity index (χ1n) is 12.3. The van der Waals surface area contributed by atoms with Crippen molar-refractivity contribution in [2.45, 2.75) is 56.9 Å². The van der Waals surface area contributed by atoms with Gasteiger partial charge in [0.05, 0.1) is 6.61 Å². The lowest BCUT2D eigenvalue weighted by Gasteiger charge is -2.37. The van der Waals surface area contributed by atoms with Crippen LogP contribution in [0.25, 0.3) is 0 Å². The molecular formula is C28H38FN3O. The van der Waals surface area contributed by atoms with Crippen molar-refractivity contribution in [3.05, 3.63) is 70.5 Å². The van der Waals surface area contributed by atoms with Crippen molar-refractivity contribution in [2.24, 2.45) is 5.41 Å². The molecule has 4 nitrogen and oxygen atoms in total. The zero-order chi connectivity index (χ0) is 23.4. The van der Waals surface area contributed by atoms with Crippen LogP contribution in [-0.4, -0.2) is 62.2 Å². The Morgan fingerprint density at radius 3 is 2.55 bits per heavy atom. The van der Waals surface area contributed by atoms with Gasteiger partial charge in [-0.05, 0) is 81.3 Å². The topological polar surface area (TPSA) is 27.7 Å². The third-order valence-electron chi connectivity index (χ3n) is 8.78. The quantitative estimate of drug-likeness (QED) is 0.684. The maximum Gasteiger partial charge on any atom is 0.123 e. The normalized spacial score (nSPS) is 30.3. The largest absolute Gasteiger partial charge is 0.361 e. The highest BCUT2D eigenvalue weighted by Gasteiger charge is 2.61. The van der Waals surface area contributed by atoms with Crippen molar-refractivity contribution < 1.29 is 9.13 Å². The van der Waals surface area contributed by atoms with Gasteiger partial charge in [0.15, 0.2) is 0 Å². The number of halogens is 1. The van der Waals surface area contributed by atoms with Gasteiger partial charge in [-0.2, -0.15) is 0 Å². The molecule has 0 spiro atoms. The molecule has 2 saturated heterocycles. The molecule has 2 aromatic carbocycles. The minimum absolute atomic E-state index is 0.111. The summed E-state index contributed by atoms with van der Waals surface area (Å²) in [6.07, 6.45) is 2.92. The monoisotopic (exact) mass is 451 g/mol. The van der Waals surface area contributed by atoms with Crippen LogP contribution in [0, 0.1) is 11.2 Å². The zero-order valence-corrected chi connectivity index (χ0v) is 20.7. The molecule has 2 aromatic rings. The minimum atomic E-state index is -0.501. The van der Waals surface area contributed by atoms with Crippen LogP contribution in [0.3, 0.4) is 0 Å². The molecule has 0 aliphatic carbocycles. The molecule has 5 rings (SSSR count). The lowest BCUT2D eigenvalue weighted by Crippen LogP contribution is -2.54. The van der Waals surface area contributed by atoms with Crippen molar-refractivity contribution >= 4 is 0 Å². The molecule has 3 aliphatic heterocycles. The molecule has 0 saturated carbocycles. The Kier molecular flexibility index (Phi) is 5.68. The highest BCUT2D eigenvalue weighted by atomic mass is 19.1. The Balaban J connectivity index is 1.46. The van der Waals surface area contributed by atoms with Crippen LogP contribution in [0.4, 0.5) is 4.39 Å². The summed E-state index contributed by atoms with van der Waals surface area (Å²) in [4.78, 5) is 4.73. The second-order valence-electron chi connectivity index (χ2n) is 11.3. The number of likely N-dealkylation sites (tertiary alicyclic amines) is 1. The van der Waals surface area contributed by atoms with Crippen LogP contribution in [0.5, 0.6) is 0 Å². The average Bonchev–Trinajstić information content (AvgIpc) is 3.30. The van der Waals surface area contributed by atoms with Crippen molar-refractivity contribution in [1.29, 1.82) is 0 Å². The van der Waals surface area contributed by atoms with Crippen LogP contribution >= 0.6 is 0 Å². The van der Waals surface area contributed by atoms with Gasteiger partial charge in [-0.15, -0.1) is 0 Å². The molecule has 2 bridgehead atoms. The number of nitrogens with zero attached hydrogens (tertiary/aromatic N) is 2. The van der Waals surface area contributed by atoms with Crippen LogP contribution in [-0.2, 0) is 23.4 Å². The van der Waals surface area contributed by atoms with E-state index >= 15 is 0 Å². The molecule has 3 unspecified atom stereocenters. The molecule has 0 radical (unpaired) electrons. The van der Waals surface area contributed by atoms with E-state index in [-0.39, 0.29) is 16.8 Å². The average molecular weight is 452 g/mol. The number of fused-ring (bicyclic) bond motifs is 3. The molecule has 3 aliphatic rings. The number of hydrogen-bond acceptors (Lipinski definition) is 4. The Morgan fingerprint density at radius 2 is 1.91 bits per heavy atom. The van der Waals surface area contributed by atoms with E-state index in [2.05, 4.69) is 68.3 Å². The summed E-state index contributed by atoms with van der Waals surface area (Å²) in [6.45, 7) is 8.59. The van der Waals surface area contributed by atoms with Crippen LogP contribution in [0.1, 0.15) is 48.9 Å². The van der Waals surface area contributed by atoms with Crippen LogP contribution in [0.15, 0.2) is 42.5 Å². The zero-order valence-electron chi connectivity index (χ0n) is 20.7. The molecule has 3 atom stereocenters. The Hall–Kier alpha value is -1.79. The Morgan fingerprint density at radius 1 is 1.15 bits per heavy atom. The molecule has 33 heavy (non-hydrogen) atoms. The first-order valence-corrected chi connectivity index (χ1v) is 12.3. The smallest absolute Gasteiger partial charge is 0.123 e. The number of hydrogen-bond donors (Lipinski definition) is 1. The molecule has 0 aromatic heterocycles. The minimum Gasteiger partial charge on any atom is -0.361 e. The maximum atomic E-state index is 13.7. The van der Waals surface area contributed by atoms with Gasteiger partial charge in [0.1, 0.15) is 11.4 Å². The van der Waals surface area contributed by atoms with E-state index in [1.807, 2.05) is 12.1 Å². The van der Waals surface area contributed by atoms with Gasteiger partial charge in [0.25, 0.3) is 0 Å². The van der Waals surface area contributed by atoms with Gasteiger partial charge in [0.2, 0.25) is 0 Å². The Bertz CT molecular complexity index is 1020. The lowest BCUT2D eigenvalue weighted by atomic mass is 9.71. The second-order valence-corrected chi connectivity index (χ2v) is 11.3. The fourth-order valence-electron chi connectivity index (χ4n) is 6.79. The summed E-state index contributed by atoms with van der Waals surface area (Å²) < 4.78 is 20.3. The summed E-state index contributed by atoms with van der Waals surface area (Å²) in [5.41, 5.74) is 4.79. The summed E-state index contributed by atoms with van der Waals surface area (Å²) in [6, 6.07) is 14.4. The SMILES string of the molecule is CN(C)CCCC1(c2ccc(F)cc2)OCc2cc(CC34CN(C)C(CN3)C4(C)C)ccc21. The standard InChI is InChI=1S/C28H38FN3O/c1-26(2)25-17-30-27(26,19-32(25)5)16-20-7-12-24-21(15-20)18-33-28(24,13-6-14-31(3)4)22-8-10-23(29)11-9-22/h7-12,15,25,30H,6,13-14,16-19H2,1-5H3. The predicted octanol–water partition coefficient (Wildman–Crippen LogP) is 4.17. The third-order valence-corrected chi connectivity index (χ3v) is 8.78. The highest BCUT2D eigenvalue weighted by Crippen LogP contribution is 2.50. The molecule has 5 heteroatoms. The second kappa shape index (κ2) is 8.16. The summed E-state index contributed by atoms with van der Waals surface area (Å²) in [5.74, 6) is -0.207. The first kappa shape index (κ1) is 23.0. The number of likely N-dealkylation sites (N-methyl/N-ethyl adjacent to an activating group) is 1. The van der Waals surface area contributed by atoms with Crippen molar-refractivity contribution in [1.82, 2.24) is 15.1 Å². The van der Waals surface area contributed by atoms with E-state index in [4.69, 9.17) is 4.74 Å². The molecule has 0 amide bonds. The van der Waals surface area contributed by atoms with E-state index in [9.17, 15) is 4.39 Å². The highest BCUT2D eigenvalue weighted by molar-refractivity contribution is 5.46. The molecule has 1 N–H and O–H groups in total. The molecule has 3 heterocycles. The van der Waals surface area contributed by atoms with Gasteiger partial charge < -0.3 is 15.0 Å². The van der Waals surface area contributed by atoms with Gasteiger partial charge in [-0.1, -0.05) is 44.2 Å². The van der Waals surface area contributed by atoms with Crippen LogP contribution in [0.2, 0.25) is 0 Å². The van der Waals surface area contributed by atoms with Gasteiger partial charge in [0, 0.05) is 30.1 Å². The van der Waals surface area contributed by atoms with E-state index in [1.54, 1.807) is 12.1 Å². The Labute approximate surface area is 198 Å². The van der Waals surface area contributed by atoms with Gasteiger partial charge >= 0.3 is 0 Å². The van der Waals surface area contributed by atoms with Gasteiger partial charge in [-0.3, -0.25) is 4.90 Å². The predicted molar refractivity (Wildman–Crippen MR) is 131 cm³/mol. The third kappa shape index (κ3) is 3.65. The summed E-state index contributed by atoms with van der Waals surface area (Å²) >= 11 is 0. The molecule has 2 fully saturated rings. The molecule has 178 valence electrons. The summed E-state index contributed by atoms with van der Waals surface area (Å²) in [7, 11) is 6.46. The number of benzene rings is 2. The number of rotatable bonds is 7. The van der Waals surface area contributed by atoms with Crippen molar-refractivity contribution in [3.8, 4) is 0 Å². The number of piperazine rings is 1. The molecular weight excluding hydrogens is 413 g/mol.